The van der Waals surface area contributed by atoms with Gasteiger partial charge >= 0.3 is 0 Å². The molecule has 88 valence electrons. The molecule has 3 nitrogen and oxygen atoms in total. The Labute approximate surface area is 102 Å². The molecule has 4 heteroatoms. The number of phenolic OH excluding ortho intramolecular Hbond substituents is 1. The minimum Gasteiger partial charge on any atom is -0.508 e. The molecule has 0 aromatic heterocycles. The van der Waals surface area contributed by atoms with Crippen LogP contribution in [0.2, 0.25) is 0 Å². The molecule has 1 saturated heterocycles. The number of halogens is 1. The third-order valence-corrected chi connectivity index (χ3v) is 2.89. The molecule has 0 atom stereocenters. The van der Waals surface area contributed by atoms with Gasteiger partial charge in [-0.25, -0.2) is 0 Å². The average molecular weight is 241 g/mol. The maximum atomic E-state index is 9.41. The van der Waals surface area contributed by atoms with Gasteiger partial charge in [0.15, 0.2) is 0 Å². The quantitative estimate of drug-likeness (QED) is 0.586. The minimum atomic E-state index is 0. The van der Waals surface area contributed by atoms with Crippen molar-refractivity contribution >= 4 is 18.2 Å². The second-order valence-electron chi connectivity index (χ2n) is 4.04. The lowest BCUT2D eigenvalue weighted by Gasteiger charge is -2.18. The van der Waals surface area contributed by atoms with Crippen molar-refractivity contribution in [1.82, 2.24) is 4.90 Å². The van der Waals surface area contributed by atoms with E-state index < -0.39 is 0 Å². The van der Waals surface area contributed by atoms with Crippen LogP contribution in [0.15, 0.2) is 18.2 Å². The summed E-state index contributed by atoms with van der Waals surface area (Å²) in [7, 11) is 0. The summed E-state index contributed by atoms with van der Waals surface area (Å²) in [6, 6.07) is 5.34. The number of phenols is 1. The van der Waals surface area contributed by atoms with Gasteiger partial charge in [-0.15, -0.1) is 12.4 Å². The van der Waals surface area contributed by atoms with Crippen LogP contribution >= 0.6 is 12.4 Å². The van der Waals surface area contributed by atoms with Crippen molar-refractivity contribution in [3.8, 4) is 5.75 Å². The van der Waals surface area contributed by atoms with Gasteiger partial charge < -0.3 is 10.0 Å². The SMILES string of the molecule is Cc1cc(C(=N)N2CCCC2)ccc1O.Cl. The number of nitrogens with one attached hydrogen (secondary N) is 1. The van der Waals surface area contributed by atoms with E-state index in [1.54, 1.807) is 6.07 Å². The van der Waals surface area contributed by atoms with E-state index in [9.17, 15) is 5.11 Å². The Bertz CT molecular complexity index is 387. The topological polar surface area (TPSA) is 47.3 Å². The number of hydrogen-bond donors (Lipinski definition) is 2. The number of aryl methyl sites for hydroxylation is 1. The Morgan fingerprint density at radius 1 is 1.31 bits per heavy atom. The Kier molecular flexibility index (Phi) is 4.19. The van der Waals surface area contributed by atoms with E-state index in [4.69, 9.17) is 5.41 Å². The summed E-state index contributed by atoms with van der Waals surface area (Å²) < 4.78 is 0. The van der Waals surface area contributed by atoms with Gasteiger partial charge in [0.05, 0.1) is 0 Å². The van der Waals surface area contributed by atoms with E-state index >= 15 is 0 Å². The fraction of sp³-hybridized carbons (Fsp3) is 0.417. The number of amidine groups is 1. The van der Waals surface area contributed by atoms with Crippen LogP contribution in [0, 0.1) is 12.3 Å². The first-order valence-corrected chi connectivity index (χ1v) is 5.32. The molecule has 1 aliphatic rings. The molecule has 1 aromatic carbocycles. The van der Waals surface area contributed by atoms with Crippen molar-refractivity contribution in [2.45, 2.75) is 19.8 Å². The van der Waals surface area contributed by atoms with Crippen molar-refractivity contribution in [3.63, 3.8) is 0 Å². The Balaban J connectivity index is 0.00000128. The molecule has 16 heavy (non-hydrogen) atoms. The van der Waals surface area contributed by atoms with Crippen molar-refractivity contribution in [1.29, 1.82) is 5.41 Å². The molecular weight excluding hydrogens is 224 g/mol. The molecule has 2 N–H and O–H groups in total. The van der Waals surface area contributed by atoms with E-state index in [-0.39, 0.29) is 12.4 Å². The standard InChI is InChI=1S/C12H16N2O.ClH/c1-9-8-10(4-5-11(9)15)12(13)14-6-2-3-7-14;/h4-5,8,13,15H,2-3,6-7H2,1H3;1H. The molecule has 0 unspecified atom stereocenters. The van der Waals surface area contributed by atoms with Crippen LogP contribution < -0.4 is 0 Å². The number of aromatic hydroxyl groups is 1. The molecule has 0 radical (unpaired) electrons. The van der Waals surface area contributed by atoms with E-state index in [1.165, 1.54) is 12.8 Å². The van der Waals surface area contributed by atoms with Gasteiger partial charge in [0.1, 0.15) is 11.6 Å². The third-order valence-electron chi connectivity index (χ3n) is 2.89. The predicted molar refractivity (Wildman–Crippen MR) is 67.7 cm³/mol. The van der Waals surface area contributed by atoms with Crippen LogP contribution in [-0.2, 0) is 0 Å². The Morgan fingerprint density at radius 2 is 1.94 bits per heavy atom. The number of likely N-dealkylation sites (tertiary alicyclic amines) is 1. The normalized spacial score (nSPS) is 14.7. The van der Waals surface area contributed by atoms with Crippen LogP contribution in [0.1, 0.15) is 24.0 Å². The third kappa shape index (κ3) is 2.47. The summed E-state index contributed by atoms with van der Waals surface area (Å²) >= 11 is 0. The molecule has 1 aromatic rings. The monoisotopic (exact) mass is 240 g/mol. The van der Waals surface area contributed by atoms with Gasteiger partial charge in [0.2, 0.25) is 0 Å². The lowest BCUT2D eigenvalue weighted by molar-refractivity contribution is 0.471. The predicted octanol–water partition coefficient (Wildman–Crippen LogP) is 2.54. The molecule has 0 saturated carbocycles. The highest BCUT2D eigenvalue weighted by Crippen LogP contribution is 2.19. The second kappa shape index (κ2) is 5.21. The summed E-state index contributed by atoms with van der Waals surface area (Å²) in [4.78, 5) is 2.09. The first-order chi connectivity index (χ1) is 7.18. The molecule has 1 aliphatic heterocycles. The second-order valence-corrected chi connectivity index (χ2v) is 4.04. The van der Waals surface area contributed by atoms with Crippen molar-refractivity contribution < 1.29 is 5.11 Å². The maximum absolute atomic E-state index is 9.41. The zero-order valence-electron chi connectivity index (χ0n) is 9.36. The largest absolute Gasteiger partial charge is 0.508 e. The highest BCUT2D eigenvalue weighted by Gasteiger charge is 2.16. The van der Waals surface area contributed by atoms with Crippen LogP contribution in [0.3, 0.4) is 0 Å². The Hall–Kier alpha value is -1.22. The Morgan fingerprint density at radius 3 is 2.50 bits per heavy atom. The highest BCUT2D eigenvalue weighted by atomic mass is 35.5. The summed E-state index contributed by atoms with van der Waals surface area (Å²) in [5, 5.41) is 17.4. The maximum Gasteiger partial charge on any atom is 0.128 e. The van der Waals surface area contributed by atoms with E-state index in [0.717, 1.165) is 24.2 Å². The molecule has 0 amide bonds. The van der Waals surface area contributed by atoms with Crippen LogP contribution in [0.25, 0.3) is 0 Å². The molecule has 2 rings (SSSR count). The average Bonchev–Trinajstić information content (AvgIpc) is 2.74. The number of nitrogens with zero attached hydrogens (tertiary/aromatic N) is 1. The van der Waals surface area contributed by atoms with Crippen LogP contribution in [-0.4, -0.2) is 28.9 Å². The lowest BCUT2D eigenvalue weighted by atomic mass is 10.1. The van der Waals surface area contributed by atoms with Crippen LogP contribution in [0.4, 0.5) is 0 Å². The van der Waals surface area contributed by atoms with Gasteiger partial charge in [0, 0.05) is 18.7 Å². The number of benzene rings is 1. The number of rotatable bonds is 1. The van der Waals surface area contributed by atoms with Crippen molar-refractivity contribution in [2.75, 3.05) is 13.1 Å². The van der Waals surface area contributed by atoms with Crippen molar-refractivity contribution in [3.05, 3.63) is 29.3 Å². The zero-order valence-corrected chi connectivity index (χ0v) is 10.2. The van der Waals surface area contributed by atoms with E-state index in [2.05, 4.69) is 4.90 Å². The lowest BCUT2D eigenvalue weighted by Crippen LogP contribution is -2.27. The molecule has 0 bridgehead atoms. The van der Waals surface area contributed by atoms with Gasteiger partial charge in [0.25, 0.3) is 0 Å². The number of hydrogen-bond acceptors (Lipinski definition) is 2. The van der Waals surface area contributed by atoms with Gasteiger partial charge in [-0.3, -0.25) is 5.41 Å². The summed E-state index contributed by atoms with van der Waals surface area (Å²) in [5.41, 5.74) is 1.73. The molecule has 0 aliphatic carbocycles. The van der Waals surface area contributed by atoms with Gasteiger partial charge in [-0.1, -0.05) is 0 Å². The first-order valence-electron chi connectivity index (χ1n) is 5.32. The smallest absolute Gasteiger partial charge is 0.128 e. The molecular formula is C12H17ClN2O. The summed E-state index contributed by atoms with van der Waals surface area (Å²) in [6.07, 6.45) is 2.36. The first kappa shape index (κ1) is 12.8. The van der Waals surface area contributed by atoms with E-state index in [0.29, 0.717) is 11.6 Å². The molecule has 0 spiro atoms. The molecule has 1 heterocycles. The fourth-order valence-corrected chi connectivity index (χ4v) is 1.93. The summed E-state index contributed by atoms with van der Waals surface area (Å²) in [5.74, 6) is 0.878. The van der Waals surface area contributed by atoms with Crippen molar-refractivity contribution in [2.24, 2.45) is 0 Å². The molecule has 1 fully saturated rings. The zero-order chi connectivity index (χ0) is 10.8. The van der Waals surface area contributed by atoms with Crippen LogP contribution in [0.5, 0.6) is 5.75 Å². The van der Waals surface area contributed by atoms with E-state index in [1.807, 2.05) is 19.1 Å². The van der Waals surface area contributed by atoms with Gasteiger partial charge in [-0.05, 0) is 43.5 Å². The minimum absolute atomic E-state index is 0. The summed E-state index contributed by atoms with van der Waals surface area (Å²) in [6.45, 7) is 3.83. The van der Waals surface area contributed by atoms with Gasteiger partial charge in [-0.2, -0.15) is 0 Å². The fourth-order valence-electron chi connectivity index (χ4n) is 1.93. The highest BCUT2D eigenvalue weighted by molar-refractivity contribution is 5.96.